The van der Waals surface area contributed by atoms with Crippen molar-refractivity contribution in [1.82, 2.24) is 10.2 Å². The van der Waals surface area contributed by atoms with Gasteiger partial charge in [0.25, 0.3) is 0 Å². The summed E-state index contributed by atoms with van der Waals surface area (Å²) >= 11 is 0. The van der Waals surface area contributed by atoms with E-state index in [1.54, 1.807) is 7.05 Å². The highest BCUT2D eigenvalue weighted by molar-refractivity contribution is 5.84. The van der Waals surface area contributed by atoms with Crippen LogP contribution in [0.25, 0.3) is 0 Å². The van der Waals surface area contributed by atoms with Crippen LogP contribution in [-0.2, 0) is 4.79 Å². The first kappa shape index (κ1) is 15.4. The van der Waals surface area contributed by atoms with Gasteiger partial charge in [0.05, 0.1) is 5.54 Å². The largest absolute Gasteiger partial charge is 0.368 e. The fourth-order valence-electron chi connectivity index (χ4n) is 2.02. The van der Waals surface area contributed by atoms with E-state index in [9.17, 15) is 4.79 Å². The molecule has 2 atom stereocenters. The zero-order chi connectivity index (χ0) is 12.8. The van der Waals surface area contributed by atoms with Crippen molar-refractivity contribution in [2.75, 3.05) is 20.1 Å². The number of primary amides is 1. The molecule has 0 aromatic rings. The number of hydrogen-bond acceptors (Lipinski definition) is 3. The molecule has 0 radical (unpaired) electrons. The molecule has 0 spiro atoms. The Morgan fingerprint density at radius 3 is 2.38 bits per heavy atom. The predicted octanol–water partition coefficient (Wildman–Crippen LogP) is 0.960. The van der Waals surface area contributed by atoms with Crippen molar-refractivity contribution in [1.29, 1.82) is 0 Å². The van der Waals surface area contributed by atoms with Gasteiger partial charge in [0, 0.05) is 6.04 Å². The van der Waals surface area contributed by atoms with E-state index in [1.807, 2.05) is 6.92 Å². The lowest BCUT2D eigenvalue weighted by Gasteiger charge is -2.34. The fourth-order valence-corrected chi connectivity index (χ4v) is 2.02. The number of carbonyl (C=O) groups excluding carboxylic acids is 1. The number of carbonyl (C=O) groups is 1. The maximum atomic E-state index is 11.4. The van der Waals surface area contributed by atoms with Crippen LogP contribution >= 0.6 is 0 Å². The third-order valence-corrected chi connectivity index (χ3v) is 3.34. The van der Waals surface area contributed by atoms with Crippen LogP contribution in [0.15, 0.2) is 0 Å². The SMILES string of the molecule is CCCN(CC)C(C)CC(C)(NC)C(N)=O. The molecule has 0 aliphatic heterocycles. The van der Waals surface area contributed by atoms with E-state index < -0.39 is 5.54 Å². The topological polar surface area (TPSA) is 58.4 Å². The number of nitrogens with zero attached hydrogens (tertiary/aromatic N) is 1. The average molecular weight is 229 g/mol. The molecule has 0 fully saturated rings. The van der Waals surface area contributed by atoms with Gasteiger partial charge in [-0.25, -0.2) is 0 Å². The standard InChI is InChI=1S/C12H27N3O/c1-6-8-15(7-2)10(3)9-12(4,14-5)11(13)16/h10,14H,6-9H2,1-5H3,(H2,13,16). The molecule has 0 saturated heterocycles. The van der Waals surface area contributed by atoms with Crippen molar-refractivity contribution in [3.05, 3.63) is 0 Å². The summed E-state index contributed by atoms with van der Waals surface area (Å²) < 4.78 is 0. The van der Waals surface area contributed by atoms with E-state index in [0.717, 1.165) is 25.9 Å². The maximum absolute atomic E-state index is 11.4. The Morgan fingerprint density at radius 2 is 2.06 bits per heavy atom. The second-order valence-corrected chi connectivity index (χ2v) is 4.63. The lowest BCUT2D eigenvalue weighted by molar-refractivity contribution is -0.124. The van der Waals surface area contributed by atoms with Gasteiger partial charge in [0.15, 0.2) is 0 Å². The van der Waals surface area contributed by atoms with E-state index >= 15 is 0 Å². The molecule has 0 rings (SSSR count). The van der Waals surface area contributed by atoms with Gasteiger partial charge in [0.2, 0.25) is 5.91 Å². The summed E-state index contributed by atoms with van der Waals surface area (Å²) in [5, 5.41) is 3.03. The Labute approximate surface area is 99.6 Å². The van der Waals surface area contributed by atoms with Gasteiger partial charge in [-0.15, -0.1) is 0 Å². The third-order valence-electron chi connectivity index (χ3n) is 3.34. The molecule has 1 amide bonds. The summed E-state index contributed by atoms with van der Waals surface area (Å²) in [6.45, 7) is 10.4. The molecule has 0 aromatic heterocycles. The van der Waals surface area contributed by atoms with Crippen molar-refractivity contribution < 1.29 is 4.79 Å². The zero-order valence-electron chi connectivity index (χ0n) is 11.3. The number of nitrogens with two attached hydrogens (primary N) is 1. The summed E-state index contributed by atoms with van der Waals surface area (Å²) in [5.41, 5.74) is 4.81. The van der Waals surface area contributed by atoms with Crippen LogP contribution in [0.2, 0.25) is 0 Å². The number of amides is 1. The van der Waals surface area contributed by atoms with Crippen LogP contribution in [-0.4, -0.2) is 42.5 Å². The Morgan fingerprint density at radius 1 is 1.50 bits per heavy atom. The second-order valence-electron chi connectivity index (χ2n) is 4.63. The van der Waals surface area contributed by atoms with Crippen LogP contribution in [0, 0.1) is 0 Å². The van der Waals surface area contributed by atoms with Gasteiger partial charge in [-0.2, -0.15) is 0 Å². The van der Waals surface area contributed by atoms with E-state index in [1.165, 1.54) is 0 Å². The Balaban J connectivity index is 4.49. The molecule has 2 unspecified atom stereocenters. The number of nitrogens with one attached hydrogen (secondary N) is 1. The van der Waals surface area contributed by atoms with Gasteiger partial charge in [0.1, 0.15) is 0 Å². The highest BCUT2D eigenvalue weighted by Crippen LogP contribution is 2.16. The molecule has 0 aliphatic rings. The molecular formula is C12H27N3O. The van der Waals surface area contributed by atoms with Gasteiger partial charge in [-0.1, -0.05) is 13.8 Å². The molecule has 3 N–H and O–H groups in total. The summed E-state index contributed by atoms with van der Waals surface area (Å²) in [5.74, 6) is -0.283. The average Bonchev–Trinajstić information content (AvgIpc) is 2.25. The number of hydrogen-bond donors (Lipinski definition) is 2. The first-order valence-electron chi connectivity index (χ1n) is 6.14. The van der Waals surface area contributed by atoms with Crippen molar-refractivity contribution in [3.63, 3.8) is 0 Å². The number of likely N-dealkylation sites (N-methyl/N-ethyl adjacent to an activating group) is 1. The normalized spacial score (nSPS) is 17.1. The van der Waals surface area contributed by atoms with Crippen LogP contribution in [0.3, 0.4) is 0 Å². The van der Waals surface area contributed by atoms with Gasteiger partial charge >= 0.3 is 0 Å². The van der Waals surface area contributed by atoms with Crippen molar-refractivity contribution in [3.8, 4) is 0 Å². The van der Waals surface area contributed by atoms with E-state index in [2.05, 4.69) is 31.0 Å². The molecule has 0 heterocycles. The molecule has 0 aromatic carbocycles. The molecule has 4 nitrogen and oxygen atoms in total. The summed E-state index contributed by atoms with van der Waals surface area (Å²) in [7, 11) is 1.79. The Hall–Kier alpha value is -0.610. The monoisotopic (exact) mass is 229 g/mol. The molecule has 0 bridgehead atoms. The molecule has 4 heteroatoms. The summed E-state index contributed by atoms with van der Waals surface area (Å²) in [4.78, 5) is 13.8. The predicted molar refractivity (Wildman–Crippen MR) is 68.3 cm³/mol. The summed E-state index contributed by atoms with van der Waals surface area (Å²) in [6.07, 6.45) is 1.87. The third kappa shape index (κ3) is 4.10. The lowest BCUT2D eigenvalue weighted by atomic mass is 9.92. The minimum absolute atomic E-state index is 0.283. The van der Waals surface area contributed by atoms with Crippen molar-refractivity contribution in [2.24, 2.45) is 5.73 Å². The lowest BCUT2D eigenvalue weighted by Crippen LogP contribution is -2.55. The van der Waals surface area contributed by atoms with Gasteiger partial charge in [-0.3, -0.25) is 4.79 Å². The molecule has 96 valence electrons. The molecule has 16 heavy (non-hydrogen) atoms. The quantitative estimate of drug-likeness (QED) is 0.652. The van der Waals surface area contributed by atoms with Crippen molar-refractivity contribution in [2.45, 2.75) is 52.1 Å². The first-order valence-corrected chi connectivity index (χ1v) is 6.14. The van der Waals surface area contributed by atoms with E-state index in [4.69, 9.17) is 5.73 Å². The van der Waals surface area contributed by atoms with Crippen molar-refractivity contribution >= 4 is 5.91 Å². The Bertz CT molecular complexity index is 220. The highest BCUT2D eigenvalue weighted by Gasteiger charge is 2.32. The van der Waals surface area contributed by atoms with Crippen LogP contribution in [0.1, 0.15) is 40.5 Å². The fraction of sp³-hybridized carbons (Fsp3) is 0.917. The van der Waals surface area contributed by atoms with Crippen LogP contribution in [0.5, 0.6) is 0 Å². The highest BCUT2D eigenvalue weighted by atomic mass is 16.1. The van der Waals surface area contributed by atoms with E-state index in [-0.39, 0.29) is 5.91 Å². The van der Waals surface area contributed by atoms with Crippen LogP contribution in [0.4, 0.5) is 0 Å². The molecular weight excluding hydrogens is 202 g/mol. The van der Waals surface area contributed by atoms with Gasteiger partial charge in [-0.05, 0) is 46.8 Å². The minimum atomic E-state index is -0.611. The smallest absolute Gasteiger partial charge is 0.237 e. The van der Waals surface area contributed by atoms with Crippen LogP contribution < -0.4 is 11.1 Å². The first-order chi connectivity index (χ1) is 7.41. The maximum Gasteiger partial charge on any atom is 0.237 e. The zero-order valence-corrected chi connectivity index (χ0v) is 11.3. The second kappa shape index (κ2) is 6.86. The minimum Gasteiger partial charge on any atom is -0.368 e. The van der Waals surface area contributed by atoms with E-state index in [0.29, 0.717) is 6.04 Å². The number of rotatable bonds is 8. The Kier molecular flexibility index (Phi) is 6.60. The molecule has 0 saturated carbocycles. The van der Waals surface area contributed by atoms with Gasteiger partial charge < -0.3 is 16.0 Å². The molecule has 0 aliphatic carbocycles. The summed E-state index contributed by atoms with van der Waals surface area (Å²) in [6, 6.07) is 0.356.